The molecule has 1 atom stereocenters. The second kappa shape index (κ2) is 12.1. The summed E-state index contributed by atoms with van der Waals surface area (Å²) in [4.78, 5) is 4.57. The number of nitrogens with zero attached hydrogens (tertiary/aromatic N) is 2. The van der Waals surface area contributed by atoms with Gasteiger partial charge in [0.2, 0.25) is 10.0 Å². The summed E-state index contributed by atoms with van der Waals surface area (Å²) in [6.07, 6.45) is 4.56. The lowest BCUT2D eigenvalue weighted by atomic mass is 10.1. The number of ether oxygens (including phenoxy) is 1. The number of sulfonamides is 1. The van der Waals surface area contributed by atoms with Crippen molar-refractivity contribution in [2.24, 2.45) is 4.99 Å². The lowest BCUT2D eigenvalue weighted by molar-refractivity contribution is 0.0200. The van der Waals surface area contributed by atoms with Gasteiger partial charge in [0.25, 0.3) is 0 Å². The molecule has 10 heteroatoms. The summed E-state index contributed by atoms with van der Waals surface area (Å²) in [7, 11) is -3.37. The van der Waals surface area contributed by atoms with Gasteiger partial charge in [-0.3, -0.25) is 0 Å². The number of aromatic nitrogens is 1. The van der Waals surface area contributed by atoms with E-state index in [1.807, 2.05) is 20.8 Å². The Morgan fingerprint density at radius 1 is 1.21 bits per heavy atom. The number of nitrogens with one attached hydrogen (secondary N) is 3. The molecule has 0 bridgehead atoms. The Balaban J connectivity index is 1.85. The number of guanidine groups is 1. The summed E-state index contributed by atoms with van der Waals surface area (Å²) < 4.78 is 38.1. The van der Waals surface area contributed by atoms with Gasteiger partial charge in [-0.1, -0.05) is 19.0 Å². The van der Waals surface area contributed by atoms with Crippen molar-refractivity contribution < 1.29 is 17.7 Å². The van der Waals surface area contributed by atoms with Crippen LogP contribution < -0.4 is 15.4 Å². The molecule has 1 saturated heterocycles. The van der Waals surface area contributed by atoms with Gasteiger partial charge in [0, 0.05) is 38.2 Å². The minimum Gasteiger partial charge on any atom is -0.377 e. The van der Waals surface area contributed by atoms with Crippen LogP contribution in [0.1, 0.15) is 57.1 Å². The van der Waals surface area contributed by atoms with E-state index in [1.54, 1.807) is 0 Å². The Bertz CT molecular complexity index is 720. The number of aliphatic imine (C=N–C) groups is 1. The normalized spacial score (nSPS) is 18.0. The molecule has 0 radical (unpaired) electrons. The quantitative estimate of drug-likeness (QED) is 0.359. The Morgan fingerprint density at radius 2 is 2.03 bits per heavy atom. The summed E-state index contributed by atoms with van der Waals surface area (Å²) in [6, 6.07) is 0. The molecule has 0 spiro atoms. The van der Waals surface area contributed by atoms with Gasteiger partial charge >= 0.3 is 0 Å². The monoisotopic (exact) mass is 429 g/mol. The lowest BCUT2D eigenvalue weighted by Crippen LogP contribution is -2.42. The van der Waals surface area contributed by atoms with E-state index in [1.165, 1.54) is 0 Å². The van der Waals surface area contributed by atoms with Crippen LogP contribution in [0.5, 0.6) is 0 Å². The van der Waals surface area contributed by atoms with Crippen molar-refractivity contribution in [3.8, 4) is 0 Å². The first-order valence-electron chi connectivity index (χ1n) is 10.6. The van der Waals surface area contributed by atoms with Crippen LogP contribution in [0, 0.1) is 0 Å². The van der Waals surface area contributed by atoms with Crippen LogP contribution in [0.25, 0.3) is 0 Å². The van der Waals surface area contributed by atoms with Gasteiger partial charge in [0.1, 0.15) is 5.76 Å². The number of rotatable bonds is 11. The molecule has 0 saturated carbocycles. The smallest absolute Gasteiger partial charge is 0.213 e. The van der Waals surface area contributed by atoms with E-state index in [0.717, 1.165) is 49.1 Å². The molecule has 2 heterocycles. The highest BCUT2D eigenvalue weighted by molar-refractivity contribution is 7.89. The number of hydrogen-bond donors (Lipinski definition) is 3. The highest BCUT2D eigenvalue weighted by atomic mass is 32.2. The minimum absolute atomic E-state index is 0.0190. The molecule has 0 aliphatic carbocycles. The van der Waals surface area contributed by atoms with Gasteiger partial charge in [-0.25, -0.2) is 18.1 Å². The molecule has 1 aromatic heterocycles. The van der Waals surface area contributed by atoms with Crippen molar-refractivity contribution in [1.29, 1.82) is 0 Å². The van der Waals surface area contributed by atoms with E-state index < -0.39 is 10.0 Å². The van der Waals surface area contributed by atoms with E-state index in [0.29, 0.717) is 32.2 Å². The van der Waals surface area contributed by atoms with E-state index in [-0.39, 0.29) is 18.4 Å². The zero-order valence-electron chi connectivity index (χ0n) is 17.8. The number of hydrogen-bond acceptors (Lipinski definition) is 6. The molecule has 0 aromatic carbocycles. The van der Waals surface area contributed by atoms with E-state index in [4.69, 9.17) is 9.26 Å². The molecule has 2 rings (SSSR count). The maximum Gasteiger partial charge on any atom is 0.213 e. The van der Waals surface area contributed by atoms with Crippen LogP contribution in [-0.4, -0.2) is 57.6 Å². The minimum atomic E-state index is -3.37. The van der Waals surface area contributed by atoms with Crippen LogP contribution in [0.2, 0.25) is 0 Å². The maximum atomic E-state index is 12.2. The summed E-state index contributed by atoms with van der Waals surface area (Å²) in [5.74, 6) is 1.39. The summed E-state index contributed by atoms with van der Waals surface area (Å²) in [6.45, 7) is 8.45. The molecule has 3 N–H and O–H groups in total. The molecule has 0 amide bonds. The number of aryl methyl sites for hydroxylation is 2. The molecular formula is C19H35N5O4S. The van der Waals surface area contributed by atoms with E-state index in [2.05, 4.69) is 25.5 Å². The standard InChI is InChI=1S/C19H35N5O4S/c1-4-17-16(18(5-2)28-24-17)14-22-19(20-6-3)21-10-12-29(25,26)23-13-15-9-7-8-11-27-15/h15,23H,4-14H2,1-3H3,(H2,20,21,22). The summed E-state index contributed by atoms with van der Waals surface area (Å²) >= 11 is 0. The summed E-state index contributed by atoms with van der Waals surface area (Å²) in [5, 5.41) is 10.3. The van der Waals surface area contributed by atoms with Crippen molar-refractivity contribution >= 4 is 16.0 Å². The zero-order valence-corrected chi connectivity index (χ0v) is 18.6. The van der Waals surface area contributed by atoms with Gasteiger partial charge in [0.15, 0.2) is 5.96 Å². The van der Waals surface area contributed by atoms with Crippen molar-refractivity contribution in [2.45, 2.75) is 65.5 Å². The molecule has 1 fully saturated rings. The molecule has 166 valence electrons. The van der Waals surface area contributed by atoms with Crippen LogP contribution in [0.15, 0.2) is 9.52 Å². The zero-order chi connectivity index (χ0) is 21.1. The SMILES string of the molecule is CCNC(=NCc1c(CC)noc1CC)NCCS(=O)(=O)NCC1CCCCO1. The third-order valence-corrected chi connectivity index (χ3v) is 6.16. The second-order valence-corrected chi connectivity index (χ2v) is 8.94. The van der Waals surface area contributed by atoms with Gasteiger partial charge < -0.3 is 19.9 Å². The predicted octanol–water partition coefficient (Wildman–Crippen LogP) is 1.34. The van der Waals surface area contributed by atoms with Gasteiger partial charge in [-0.15, -0.1) is 0 Å². The van der Waals surface area contributed by atoms with Crippen molar-refractivity contribution in [3.63, 3.8) is 0 Å². The first-order valence-corrected chi connectivity index (χ1v) is 12.2. The summed E-state index contributed by atoms with van der Waals surface area (Å²) in [5.41, 5.74) is 1.92. The molecule has 9 nitrogen and oxygen atoms in total. The average Bonchev–Trinajstić information content (AvgIpc) is 3.13. The molecule has 1 unspecified atom stereocenters. The fraction of sp³-hybridized carbons (Fsp3) is 0.789. The van der Waals surface area contributed by atoms with Crippen LogP contribution >= 0.6 is 0 Å². The molecule has 29 heavy (non-hydrogen) atoms. The highest BCUT2D eigenvalue weighted by Crippen LogP contribution is 2.16. The Labute approximate surface area is 174 Å². The third kappa shape index (κ3) is 7.94. The van der Waals surface area contributed by atoms with E-state index in [9.17, 15) is 8.42 Å². The third-order valence-electron chi connectivity index (χ3n) is 4.81. The van der Waals surface area contributed by atoms with Crippen molar-refractivity contribution in [3.05, 3.63) is 17.0 Å². The van der Waals surface area contributed by atoms with Gasteiger partial charge in [0.05, 0.1) is 24.1 Å². The molecular weight excluding hydrogens is 394 g/mol. The van der Waals surface area contributed by atoms with Crippen LogP contribution in [0.4, 0.5) is 0 Å². The fourth-order valence-electron chi connectivity index (χ4n) is 3.18. The molecule has 1 aromatic rings. The molecule has 1 aliphatic rings. The van der Waals surface area contributed by atoms with Gasteiger partial charge in [-0.05, 0) is 32.6 Å². The first kappa shape index (κ1) is 23.6. The Kier molecular flexibility index (Phi) is 9.89. The largest absolute Gasteiger partial charge is 0.377 e. The van der Waals surface area contributed by atoms with Crippen molar-refractivity contribution in [1.82, 2.24) is 20.5 Å². The maximum absolute atomic E-state index is 12.2. The van der Waals surface area contributed by atoms with E-state index >= 15 is 0 Å². The molecule has 1 aliphatic heterocycles. The average molecular weight is 430 g/mol. The van der Waals surface area contributed by atoms with Gasteiger partial charge in [-0.2, -0.15) is 0 Å². The fourth-order valence-corrected chi connectivity index (χ4v) is 4.14. The van der Waals surface area contributed by atoms with Crippen LogP contribution in [-0.2, 0) is 34.1 Å². The first-order chi connectivity index (χ1) is 14.0. The predicted molar refractivity (Wildman–Crippen MR) is 113 cm³/mol. The Morgan fingerprint density at radius 3 is 2.69 bits per heavy atom. The van der Waals surface area contributed by atoms with Crippen molar-refractivity contribution in [2.75, 3.05) is 32.0 Å². The Hall–Kier alpha value is -1.65. The highest BCUT2D eigenvalue weighted by Gasteiger charge is 2.18. The van der Waals surface area contributed by atoms with Crippen LogP contribution in [0.3, 0.4) is 0 Å². The second-order valence-electron chi connectivity index (χ2n) is 7.02. The topological polar surface area (TPSA) is 118 Å². The lowest BCUT2D eigenvalue weighted by Gasteiger charge is -2.22.